The molecule has 10 rings (SSSR count). The Bertz CT molecular complexity index is 2860. The normalized spacial score (nSPS) is 11.4. The molecule has 10 aromatic rings. The molecular formula is C49H33N4+. The lowest BCUT2D eigenvalue weighted by Gasteiger charge is -2.18. The Labute approximate surface area is 307 Å². The molecule has 0 aliphatic heterocycles. The fourth-order valence-electron chi connectivity index (χ4n) is 7.83. The molecule has 0 aliphatic carbocycles. The predicted molar refractivity (Wildman–Crippen MR) is 218 cm³/mol. The molecule has 53 heavy (non-hydrogen) atoms. The zero-order valence-corrected chi connectivity index (χ0v) is 28.8. The highest BCUT2D eigenvalue weighted by Gasteiger charge is 2.31. The average Bonchev–Trinajstić information content (AvgIpc) is 3.64. The second-order valence-electron chi connectivity index (χ2n) is 13.3. The first-order valence-corrected chi connectivity index (χ1v) is 17.9. The third kappa shape index (κ3) is 5.28. The van der Waals surface area contributed by atoms with Gasteiger partial charge >= 0.3 is 0 Å². The summed E-state index contributed by atoms with van der Waals surface area (Å²) in [4.78, 5) is 13.4. The van der Waals surface area contributed by atoms with Gasteiger partial charge in [-0.2, -0.15) is 4.57 Å². The Morgan fingerprint density at radius 3 is 1.55 bits per heavy atom. The van der Waals surface area contributed by atoms with E-state index in [9.17, 15) is 0 Å². The molecule has 0 unspecified atom stereocenters. The lowest BCUT2D eigenvalue weighted by Crippen LogP contribution is -2.34. The standard InChI is InChI=1S/C49H32N4/c1-2-15-35(16-3-1)49-52-47(43-22-10-12-30-50-43)48(44-23-11-13-31-51-44)53(49)38-28-26-34(27-29-38)45-39-18-6-8-20-41(39)46(42-21-9-7-19-40(42)45)37-25-24-33-14-4-5-17-36(33)32-37/h1-32H/p+1. The largest absolute Gasteiger partial charge is 0.292 e. The fourth-order valence-corrected chi connectivity index (χ4v) is 7.83. The molecule has 0 radical (unpaired) electrons. The van der Waals surface area contributed by atoms with Crippen molar-refractivity contribution in [1.82, 2.24) is 15.0 Å². The van der Waals surface area contributed by atoms with Gasteiger partial charge in [-0.15, -0.1) is 0 Å². The van der Waals surface area contributed by atoms with Gasteiger partial charge < -0.3 is 0 Å². The number of nitrogens with one attached hydrogen (secondary N) is 1. The molecule has 0 saturated heterocycles. The van der Waals surface area contributed by atoms with E-state index < -0.39 is 0 Å². The molecule has 3 aromatic heterocycles. The molecule has 7 aromatic carbocycles. The van der Waals surface area contributed by atoms with Gasteiger partial charge in [0.2, 0.25) is 11.4 Å². The Morgan fingerprint density at radius 1 is 0.396 bits per heavy atom. The van der Waals surface area contributed by atoms with Gasteiger partial charge in [0, 0.05) is 12.4 Å². The first-order chi connectivity index (χ1) is 26.3. The summed E-state index contributed by atoms with van der Waals surface area (Å²) in [7, 11) is 0. The predicted octanol–water partition coefficient (Wildman–Crippen LogP) is 11.9. The van der Waals surface area contributed by atoms with E-state index in [0.717, 1.165) is 45.4 Å². The summed E-state index contributed by atoms with van der Waals surface area (Å²) >= 11 is 0. The lowest BCUT2D eigenvalue weighted by molar-refractivity contribution is -0.570. The maximum atomic E-state index is 4.84. The van der Waals surface area contributed by atoms with Crippen LogP contribution in [0.2, 0.25) is 0 Å². The summed E-state index contributed by atoms with van der Waals surface area (Å²) in [6, 6.07) is 64.6. The van der Waals surface area contributed by atoms with Crippen molar-refractivity contribution in [2.24, 2.45) is 0 Å². The number of rotatable bonds is 6. The second kappa shape index (κ2) is 12.9. The molecule has 3 heterocycles. The third-order valence-electron chi connectivity index (χ3n) is 10.2. The minimum absolute atomic E-state index is 0.852. The molecule has 0 amide bonds. The van der Waals surface area contributed by atoms with Crippen LogP contribution >= 0.6 is 0 Å². The number of fused-ring (bicyclic) bond motifs is 3. The summed E-state index contributed by atoms with van der Waals surface area (Å²) in [6.45, 7) is 0. The van der Waals surface area contributed by atoms with E-state index >= 15 is 0 Å². The third-order valence-corrected chi connectivity index (χ3v) is 10.2. The van der Waals surface area contributed by atoms with E-state index in [1.807, 2.05) is 48.8 Å². The van der Waals surface area contributed by atoms with Gasteiger partial charge in [-0.3, -0.25) is 9.97 Å². The van der Waals surface area contributed by atoms with E-state index in [0.29, 0.717) is 0 Å². The summed E-state index contributed by atoms with van der Waals surface area (Å²) < 4.78 is 2.28. The van der Waals surface area contributed by atoms with Crippen LogP contribution in [-0.4, -0.2) is 15.0 Å². The van der Waals surface area contributed by atoms with E-state index in [-0.39, 0.29) is 0 Å². The van der Waals surface area contributed by atoms with Crippen molar-refractivity contribution in [3.8, 4) is 62.1 Å². The first kappa shape index (κ1) is 30.6. The smallest absolute Gasteiger partial charge is 0.252 e. The average molecular weight is 678 g/mol. The number of H-pyrrole nitrogens is 1. The highest BCUT2D eigenvalue weighted by atomic mass is 15.1. The van der Waals surface area contributed by atoms with Crippen molar-refractivity contribution >= 4 is 32.3 Å². The first-order valence-electron chi connectivity index (χ1n) is 17.9. The summed E-state index contributed by atoms with van der Waals surface area (Å²) in [6.07, 6.45) is 3.68. The zero-order valence-electron chi connectivity index (χ0n) is 28.8. The minimum atomic E-state index is 0.852. The fraction of sp³-hybridized carbons (Fsp3) is 0. The van der Waals surface area contributed by atoms with Crippen molar-refractivity contribution in [3.63, 3.8) is 0 Å². The van der Waals surface area contributed by atoms with E-state index in [4.69, 9.17) is 9.97 Å². The quantitative estimate of drug-likeness (QED) is 0.141. The van der Waals surface area contributed by atoms with Gasteiger partial charge in [-0.05, 0) is 109 Å². The van der Waals surface area contributed by atoms with Gasteiger partial charge in [-0.1, -0.05) is 127 Å². The molecule has 1 N–H and O–H groups in total. The van der Waals surface area contributed by atoms with Crippen molar-refractivity contribution in [2.45, 2.75) is 0 Å². The van der Waals surface area contributed by atoms with E-state index in [2.05, 4.69) is 155 Å². The molecule has 4 nitrogen and oxygen atoms in total. The van der Waals surface area contributed by atoms with Crippen LogP contribution in [0.25, 0.3) is 94.4 Å². The van der Waals surface area contributed by atoms with Gasteiger partial charge in [0.05, 0.1) is 5.56 Å². The highest BCUT2D eigenvalue weighted by Crippen LogP contribution is 2.44. The minimum Gasteiger partial charge on any atom is -0.252 e. The van der Waals surface area contributed by atoms with E-state index in [1.165, 1.54) is 49.0 Å². The Kier molecular flexibility index (Phi) is 7.43. The summed E-state index contributed by atoms with van der Waals surface area (Å²) in [5.74, 6) is 0.954. The topological polar surface area (TPSA) is 45.5 Å². The number of aromatic nitrogens is 4. The number of hydrogen-bond donors (Lipinski definition) is 1. The molecule has 4 heteroatoms. The molecular weight excluding hydrogens is 645 g/mol. The number of aromatic amines is 1. The number of pyridine rings is 2. The molecule has 0 bridgehead atoms. The maximum Gasteiger partial charge on any atom is 0.292 e. The highest BCUT2D eigenvalue weighted by molar-refractivity contribution is 6.21. The lowest BCUT2D eigenvalue weighted by atomic mass is 9.85. The number of benzene rings is 7. The van der Waals surface area contributed by atoms with Crippen molar-refractivity contribution < 1.29 is 4.57 Å². The van der Waals surface area contributed by atoms with Crippen LogP contribution in [0.1, 0.15) is 0 Å². The van der Waals surface area contributed by atoms with Crippen LogP contribution in [0.4, 0.5) is 0 Å². The molecule has 248 valence electrons. The van der Waals surface area contributed by atoms with Crippen molar-refractivity contribution in [1.29, 1.82) is 0 Å². The molecule has 0 atom stereocenters. The number of nitrogens with zero attached hydrogens (tertiary/aromatic N) is 3. The van der Waals surface area contributed by atoms with Crippen LogP contribution in [0.5, 0.6) is 0 Å². The molecule has 0 spiro atoms. The van der Waals surface area contributed by atoms with Crippen LogP contribution in [0.3, 0.4) is 0 Å². The van der Waals surface area contributed by atoms with Crippen LogP contribution < -0.4 is 4.57 Å². The van der Waals surface area contributed by atoms with Gasteiger partial charge in [0.15, 0.2) is 0 Å². The monoisotopic (exact) mass is 677 g/mol. The summed E-state index contributed by atoms with van der Waals surface area (Å²) in [5, 5.41) is 7.43. The molecule has 0 saturated carbocycles. The van der Waals surface area contributed by atoms with Crippen LogP contribution in [-0.2, 0) is 0 Å². The Balaban J connectivity index is 1.19. The Morgan fingerprint density at radius 2 is 0.925 bits per heavy atom. The van der Waals surface area contributed by atoms with Crippen molar-refractivity contribution in [2.75, 3.05) is 0 Å². The van der Waals surface area contributed by atoms with Crippen molar-refractivity contribution in [3.05, 3.63) is 194 Å². The van der Waals surface area contributed by atoms with Crippen LogP contribution in [0.15, 0.2) is 194 Å². The SMILES string of the molecule is c1ccc(-c2[nH]c(-c3ccccn3)c(-c3ccccn3)[n+]2-c2ccc(-c3c4ccccc4c(-c4ccc5ccccc5c4)c4ccccc34)cc2)cc1. The maximum absolute atomic E-state index is 4.84. The second-order valence-corrected chi connectivity index (χ2v) is 13.3. The van der Waals surface area contributed by atoms with Gasteiger partial charge in [-0.25, -0.2) is 4.98 Å². The zero-order chi connectivity index (χ0) is 35.1. The van der Waals surface area contributed by atoms with Gasteiger partial charge in [0.1, 0.15) is 17.1 Å². The number of imidazole rings is 1. The van der Waals surface area contributed by atoms with E-state index in [1.54, 1.807) is 0 Å². The van der Waals surface area contributed by atoms with Crippen LogP contribution in [0, 0.1) is 0 Å². The van der Waals surface area contributed by atoms with Gasteiger partial charge in [0.25, 0.3) is 5.82 Å². The molecule has 0 fully saturated rings. The number of hydrogen-bond acceptors (Lipinski definition) is 2. The Hall–Kier alpha value is -7.17. The summed E-state index contributed by atoms with van der Waals surface area (Å²) in [5.41, 5.74) is 10.5. The molecule has 0 aliphatic rings.